The molecule has 21 heavy (non-hydrogen) atoms. The number of nitrogens with zero attached hydrogens (tertiary/aromatic N) is 1. The molecule has 1 aromatic carbocycles. The summed E-state index contributed by atoms with van der Waals surface area (Å²) in [5.41, 5.74) is 1.33. The Kier molecular flexibility index (Phi) is 5.62. The number of rotatable bonds is 5. The number of carbonyl (C=O) groups excluding carboxylic acids is 1. The van der Waals surface area contributed by atoms with Crippen molar-refractivity contribution < 1.29 is 9.53 Å². The first-order valence-corrected chi connectivity index (χ1v) is 7.72. The Morgan fingerprint density at radius 1 is 1.43 bits per heavy atom. The molecule has 1 heterocycles. The molecule has 4 heteroatoms. The number of hydrogen-bond donors (Lipinski definition) is 1. The fraction of sp³-hybridized carbons (Fsp3) is 0.588. The summed E-state index contributed by atoms with van der Waals surface area (Å²) in [4.78, 5) is 13.6. The second kappa shape index (κ2) is 7.46. The van der Waals surface area contributed by atoms with Gasteiger partial charge in [-0.15, -0.1) is 0 Å². The van der Waals surface area contributed by atoms with Gasteiger partial charge in [-0.2, -0.15) is 0 Å². The van der Waals surface area contributed by atoms with Gasteiger partial charge in [-0.05, 0) is 43.0 Å². The molecule has 1 N–H and O–H groups in total. The van der Waals surface area contributed by atoms with Crippen molar-refractivity contribution in [1.29, 1.82) is 0 Å². The van der Waals surface area contributed by atoms with E-state index in [2.05, 4.69) is 29.3 Å². The molecule has 2 atom stereocenters. The highest BCUT2D eigenvalue weighted by atomic mass is 16.5. The van der Waals surface area contributed by atoms with E-state index in [1.54, 1.807) is 14.0 Å². The second-order valence-electron chi connectivity index (χ2n) is 5.97. The van der Waals surface area contributed by atoms with Gasteiger partial charge >= 0.3 is 0 Å². The van der Waals surface area contributed by atoms with Crippen LogP contribution in [0.25, 0.3) is 0 Å². The number of methoxy groups -OCH3 is 1. The maximum atomic E-state index is 11.2. The van der Waals surface area contributed by atoms with Gasteiger partial charge in [0.15, 0.2) is 0 Å². The van der Waals surface area contributed by atoms with Crippen molar-refractivity contribution in [3.05, 3.63) is 29.8 Å². The maximum absolute atomic E-state index is 11.2. The molecule has 1 amide bonds. The molecular weight excluding hydrogens is 264 g/mol. The summed E-state index contributed by atoms with van der Waals surface area (Å²) in [5, 5.41) is 3.04. The number of benzene rings is 1. The van der Waals surface area contributed by atoms with Crippen LogP contribution in [-0.2, 0) is 4.79 Å². The average Bonchev–Trinajstić information content (AvgIpc) is 2.47. The van der Waals surface area contributed by atoms with Crippen LogP contribution in [0.2, 0.25) is 0 Å². The Morgan fingerprint density at radius 2 is 2.14 bits per heavy atom. The molecule has 1 fully saturated rings. The van der Waals surface area contributed by atoms with Crippen LogP contribution in [0.4, 0.5) is 0 Å². The first kappa shape index (κ1) is 15.8. The lowest BCUT2D eigenvalue weighted by Gasteiger charge is -2.34. The fourth-order valence-corrected chi connectivity index (χ4v) is 3.05. The zero-order chi connectivity index (χ0) is 15.2. The molecule has 1 aliphatic rings. The lowest BCUT2D eigenvalue weighted by atomic mass is 9.98. The third-order valence-electron chi connectivity index (χ3n) is 4.13. The van der Waals surface area contributed by atoms with E-state index in [0.717, 1.165) is 38.2 Å². The van der Waals surface area contributed by atoms with Crippen LogP contribution >= 0.6 is 0 Å². The quantitative estimate of drug-likeness (QED) is 0.905. The summed E-state index contributed by atoms with van der Waals surface area (Å²) >= 11 is 0. The predicted molar refractivity (Wildman–Crippen MR) is 84.7 cm³/mol. The normalized spacial score (nSPS) is 20.8. The molecule has 116 valence electrons. The average molecular weight is 290 g/mol. The SMILES string of the molecule is COc1ccc([C@H](C)CN2CCC[C@H](NC(C)=O)C2)cc1. The van der Waals surface area contributed by atoms with Crippen molar-refractivity contribution in [3.8, 4) is 5.75 Å². The van der Waals surface area contributed by atoms with Gasteiger partial charge in [0.05, 0.1) is 7.11 Å². The van der Waals surface area contributed by atoms with Crippen LogP contribution in [-0.4, -0.2) is 43.6 Å². The summed E-state index contributed by atoms with van der Waals surface area (Å²) in [7, 11) is 1.69. The molecule has 0 radical (unpaired) electrons. The predicted octanol–water partition coefficient (Wildman–Crippen LogP) is 2.40. The van der Waals surface area contributed by atoms with E-state index in [4.69, 9.17) is 4.74 Å². The van der Waals surface area contributed by atoms with E-state index >= 15 is 0 Å². The summed E-state index contributed by atoms with van der Waals surface area (Å²) in [6.45, 7) is 6.96. The summed E-state index contributed by atoms with van der Waals surface area (Å²) in [5.74, 6) is 1.45. The molecule has 0 spiro atoms. The van der Waals surface area contributed by atoms with E-state index in [1.165, 1.54) is 5.56 Å². The molecule has 2 rings (SSSR count). The monoisotopic (exact) mass is 290 g/mol. The lowest BCUT2D eigenvalue weighted by molar-refractivity contribution is -0.120. The minimum Gasteiger partial charge on any atom is -0.497 e. The summed E-state index contributed by atoms with van der Waals surface area (Å²) in [6.07, 6.45) is 2.24. The standard InChI is InChI=1S/C17H26N2O2/c1-13(15-6-8-17(21-3)9-7-15)11-19-10-4-5-16(12-19)18-14(2)20/h6-9,13,16H,4-5,10-12H2,1-3H3,(H,18,20)/t13-,16+/m1/s1. The molecule has 1 aliphatic heterocycles. The van der Waals surface area contributed by atoms with Crippen LogP contribution in [0.3, 0.4) is 0 Å². The summed E-state index contributed by atoms with van der Waals surface area (Å²) < 4.78 is 5.20. The number of carbonyl (C=O) groups is 1. The smallest absolute Gasteiger partial charge is 0.217 e. The minimum absolute atomic E-state index is 0.0741. The minimum atomic E-state index is 0.0741. The zero-order valence-corrected chi connectivity index (χ0v) is 13.3. The highest BCUT2D eigenvalue weighted by molar-refractivity contribution is 5.73. The van der Waals surface area contributed by atoms with Gasteiger partial charge < -0.3 is 15.0 Å². The van der Waals surface area contributed by atoms with Gasteiger partial charge in [0, 0.05) is 26.1 Å². The van der Waals surface area contributed by atoms with Crippen molar-refractivity contribution in [2.75, 3.05) is 26.7 Å². The topological polar surface area (TPSA) is 41.6 Å². The number of amides is 1. The van der Waals surface area contributed by atoms with Gasteiger partial charge in [-0.25, -0.2) is 0 Å². The molecule has 0 saturated carbocycles. The largest absolute Gasteiger partial charge is 0.497 e. The number of hydrogen-bond acceptors (Lipinski definition) is 3. The lowest BCUT2D eigenvalue weighted by Crippen LogP contribution is -2.47. The molecule has 0 aliphatic carbocycles. The molecule has 1 aromatic rings. The van der Waals surface area contributed by atoms with Crippen LogP contribution in [0.15, 0.2) is 24.3 Å². The van der Waals surface area contributed by atoms with Gasteiger partial charge in [0.1, 0.15) is 5.75 Å². The van der Waals surface area contributed by atoms with Gasteiger partial charge in [-0.3, -0.25) is 4.79 Å². The maximum Gasteiger partial charge on any atom is 0.217 e. The molecule has 4 nitrogen and oxygen atoms in total. The summed E-state index contributed by atoms with van der Waals surface area (Å²) in [6, 6.07) is 8.61. The number of ether oxygens (including phenoxy) is 1. The van der Waals surface area contributed by atoms with Crippen molar-refractivity contribution in [2.45, 2.75) is 38.6 Å². The fourth-order valence-electron chi connectivity index (χ4n) is 3.05. The number of nitrogens with one attached hydrogen (secondary N) is 1. The Labute approximate surface area is 127 Å². The third-order valence-corrected chi connectivity index (χ3v) is 4.13. The first-order chi connectivity index (χ1) is 10.1. The van der Waals surface area contributed by atoms with Gasteiger partial charge in [-0.1, -0.05) is 19.1 Å². The van der Waals surface area contributed by atoms with Crippen LogP contribution < -0.4 is 10.1 Å². The second-order valence-corrected chi connectivity index (χ2v) is 5.97. The first-order valence-electron chi connectivity index (χ1n) is 7.72. The Bertz CT molecular complexity index is 458. The molecule has 0 bridgehead atoms. The molecule has 0 aromatic heterocycles. The molecule has 1 saturated heterocycles. The van der Waals surface area contributed by atoms with Gasteiger partial charge in [0.25, 0.3) is 0 Å². The van der Waals surface area contributed by atoms with Crippen molar-refractivity contribution in [2.24, 2.45) is 0 Å². The Morgan fingerprint density at radius 3 is 2.76 bits per heavy atom. The number of piperidine rings is 1. The Hall–Kier alpha value is -1.55. The third kappa shape index (κ3) is 4.74. The Balaban J connectivity index is 1.88. The van der Waals surface area contributed by atoms with Crippen molar-refractivity contribution in [3.63, 3.8) is 0 Å². The highest BCUT2D eigenvalue weighted by Crippen LogP contribution is 2.21. The molecule has 0 unspecified atom stereocenters. The van der Waals surface area contributed by atoms with E-state index in [9.17, 15) is 4.79 Å². The van der Waals surface area contributed by atoms with Crippen molar-refractivity contribution in [1.82, 2.24) is 10.2 Å². The van der Waals surface area contributed by atoms with E-state index < -0.39 is 0 Å². The van der Waals surface area contributed by atoms with Crippen LogP contribution in [0.5, 0.6) is 5.75 Å². The van der Waals surface area contributed by atoms with Crippen LogP contribution in [0, 0.1) is 0 Å². The van der Waals surface area contributed by atoms with E-state index in [1.807, 2.05) is 12.1 Å². The van der Waals surface area contributed by atoms with E-state index in [0.29, 0.717) is 12.0 Å². The zero-order valence-electron chi connectivity index (χ0n) is 13.3. The van der Waals surface area contributed by atoms with E-state index in [-0.39, 0.29) is 5.91 Å². The van der Waals surface area contributed by atoms with Crippen molar-refractivity contribution >= 4 is 5.91 Å². The molecular formula is C17H26N2O2. The number of likely N-dealkylation sites (tertiary alicyclic amines) is 1. The van der Waals surface area contributed by atoms with Gasteiger partial charge in [0.2, 0.25) is 5.91 Å². The highest BCUT2D eigenvalue weighted by Gasteiger charge is 2.22. The van der Waals surface area contributed by atoms with Crippen LogP contribution in [0.1, 0.15) is 38.2 Å².